The largest absolute Gasteiger partial charge is 0.444 e. The van der Waals surface area contributed by atoms with Crippen molar-refractivity contribution < 1.29 is 14.3 Å². The number of anilines is 1. The zero-order valence-corrected chi connectivity index (χ0v) is 18.3. The Balaban J connectivity index is 1.57. The number of nitrogens with zero attached hydrogens (tertiary/aromatic N) is 3. The van der Waals surface area contributed by atoms with E-state index in [0.29, 0.717) is 25.2 Å². The Bertz CT molecular complexity index is 978. The van der Waals surface area contributed by atoms with Crippen molar-refractivity contribution in [1.82, 2.24) is 9.88 Å². The van der Waals surface area contributed by atoms with Gasteiger partial charge in [0.25, 0.3) is 5.91 Å². The average molecular weight is 428 g/mol. The van der Waals surface area contributed by atoms with Gasteiger partial charge < -0.3 is 14.5 Å². The fourth-order valence-corrected chi connectivity index (χ4v) is 4.57. The van der Waals surface area contributed by atoms with E-state index in [1.807, 2.05) is 39.0 Å². The number of hydrogen-bond donors (Lipinski definition) is 0. The van der Waals surface area contributed by atoms with Crippen LogP contribution in [0.1, 0.15) is 49.5 Å². The summed E-state index contributed by atoms with van der Waals surface area (Å²) >= 11 is 6.19. The number of halogens is 1. The summed E-state index contributed by atoms with van der Waals surface area (Å²) < 4.78 is 5.53. The van der Waals surface area contributed by atoms with Crippen LogP contribution >= 0.6 is 11.6 Å². The molecule has 1 aromatic carbocycles. The van der Waals surface area contributed by atoms with E-state index < -0.39 is 5.60 Å². The molecule has 2 amide bonds. The molecule has 158 valence electrons. The van der Waals surface area contributed by atoms with Gasteiger partial charge in [-0.15, -0.1) is 0 Å². The number of likely N-dealkylation sites (tertiary alicyclic amines) is 1. The van der Waals surface area contributed by atoms with Crippen molar-refractivity contribution in [2.45, 2.75) is 44.6 Å². The van der Waals surface area contributed by atoms with Gasteiger partial charge in [-0.3, -0.25) is 4.79 Å². The van der Waals surface area contributed by atoms with Gasteiger partial charge in [-0.25, -0.2) is 9.78 Å². The minimum Gasteiger partial charge on any atom is -0.444 e. The predicted octanol–water partition coefficient (Wildman–Crippen LogP) is 4.66. The molecule has 7 heteroatoms. The number of rotatable bonds is 1. The first-order valence-electron chi connectivity index (χ1n) is 10.2. The van der Waals surface area contributed by atoms with Crippen LogP contribution < -0.4 is 4.90 Å². The minimum atomic E-state index is -0.515. The molecule has 0 aliphatic carbocycles. The molecule has 2 aliphatic rings. The lowest BCUT2D eigenvalue weighted by molar-refractivity contribution is 0.0169. The Hall–Kier alpha value is -2.60. The van der Waals surface area contributed by atoms with Crippen molar-refractivity contribution in [1.29, 1.82) is 0 Å². The van der Waals surface area contributed by atoms with E-state index in [9.17, 15) is 9.59 Å². The Labute approximate surface area is 181 Å². The molecule has 2 aliphatic heterocycles. The topological polar surface area (TPSA) is 62.7 Å². The lowest BCUT2D eigenvalue weighted by Gasteiger charge is -2.40. The summed E-state index contributed by atoms with van der Waals surface area (Å²) in [5, 5.41) is 0.209. The van der Waals surface area contributed by atoms with Crippen molar-refractivity contribution in [2.75, 3.05) is 24.5 Å². The number of aromatic nitrogens is 1. The highest BCUT2D eigenvalue weighted by atomic mass is 35.5. The molecule has 3 heterocycles. The summed E-state index contributed by atoms with van der Waals surface area (Å²) in [6.07, 6.45) is 2.84. The molecule has 0 radical (unpaired) electrons. The molecular weight excluding hydrogens is 402 g/mol. The van der Waals surface area contributed by atoms with Gasteiger partial charge in [-0.1, -0.05) is 29.8 Å². The van der Waals surface area contributed by atoms with Crippen LogP contribution in [0, 0.1) is 0 Å². The number of carbonyl (C=O) groups excluding carboxylic acids is 2. The van der Waals surface area contributed by atoms with E-state index in [-0.39, 0.29) is 22.6 Å². The number of benzene rings is 1. The number of fused-ring (bicyclic) bond motifs is 2. The number of amides is 2. The minimum absolute atomic E-state index is 0.146. The first-order valence-corrected chi connectivity index (χ1v) is 10.6. The molecule has 0 atom stereocenters. The van der Waals surface area contributed by atoms with Crippen LogP contribution in [0.2, 0.25) is 5.15 Å². The monoisotopic (exact) mass is 427 g/mol. The molecule has 30 heavy (non-hydrogen) atoms. The smallest absolute Gasteiger partial charge is 0.410 e. The second kappa shape index (κ2) is 7.58. The summed E-state index contributed by atoms with van der Waals surface area (Å²) in [5.74, 6) is -0.146. The maximum atomic E-state index is 13.3. The van der Waals surface area contributed by atoms with Gasteiger partial charge in [0.15, 0.2) is 0 Å². The summed E-state index contributed by atoms with van der Waals surface area (Å²) in [6, 6.07) is 11.4. The maximum Gasteiger partial charge on any atom is 0.410 e. The van der Waals surface area contributed by atoms with Crippen LogP contribution in [0.15, 0.2) is 42.6 Å². The van der Waals surface area contributed by atoms with E-state index in [4.69, 9.17) is 16.3 Å². The van der Waals surface area contributed by atoms with Gasteiger partial charge in [-0.2, -0.15) is 0 Å². The van der Waals surface area contributed by atoms with Crippen molar-refractivity contribution in [3.8, 4) is 0 Å². The molecule has 0 N–H and O–H groups in total. The Morgan fingerprint density at radius 1 is 1.10 bits per heavy atom. The molecule has 1 spiro atoms. The van der Waals surface area contributed by atoms with Gasteiger partial charge in [0.1, 0.15) is 10.8 Å². The van der Waals surface area contributed by atoms with Gasteiger partial charge in [0.05, 0.1) is 5.56 Å². The maximum absolute atomic E-state index is 13.3. The first kappa shape index (κ1) is 20.7. The molecular formula is C23H26ClN3O3. The number of hydrogen-bond acceptors (Lipinski definition) is 4. The van der Waals surface area contributed by atoms with Crippen molar-refractivity contribution in [3.63, 3.8) is 0 Å². The summed E-state index contributed by atoms with van der Waals surface area (Å²) in [4.78, 5) is 33.4. The quantitative estimate of drug-likeness (QED) is 0.621. The average Bonchev–Trinajstić information content (AvgIpc) is 3.01. The van der Waals surface area contributed by atoms with E-state index >= 15 is 0 Å². The third kappa shape index (κ3) is 3.76. The lowest BCUT2D eigenvalue weighted by Crippen LogP contribution is -2.49. The zero-order valence-electron chi connectivity index (χ0n) is 17.5. The molecule has 2 aromatic rings. The normalized spacial score (nSPS) is 17.7. The molecule has 0 unspecified atom stereocenters. The number of piperidine rings is 1. The van der Waals surface area contributed by atoms with Crippen molar-refractivity contribution in [3.05, 3.63) is 58.9 Å². The highest BCUT2D eigenvalue weighted by Gasteiger charge is 2.47. The molecule has 0 saturated carbocycles. The SMILES string of the molecule is CC(C)(C)OC(=O)N1CCC2(CC1)CN(C(=O)c1cccnc1Cl)c1ccccc12. The molecule has 1 fully saturated rings. The summed E-state index contributed by atoms with van der Waals surface area (Å²) in [6.45, 7) is 7.38. The van der Waals surface area contributed by atoms with Gasteiger partial charge >= 0.3 is 6.09 Å². The molecule has 1 aromatic heterocycles. The van der Waals surface area contributed by atoms with E-state index in [2.05, 4.69) is 11.1 Å². The second-order valence-electron chi connectivity index (χ2n) is 9.00. The van der Waals surface area contributed by atoms with Gasteiger partial charge in [-0.05, 0) is 57.4 Å². The summed E-state index contributed by atoms with van der Waals surface area (Å²) in [5.41, 5.74) is 1.77. The third-order valence-corrected chi connectivity index (χ3v) is 6.14. The number of para-hydroxylation sites is 1. The molecule has 0 bridgehead atoms. The van der Waals surface area contributed by atoms with Crippen LogP contribution in [-0.2, 0) is 10.2 Å². The van der Waals surface area contributed by atoms with Crippen molar-refractivity contribution >= 4 is 29.3 Å². The predicted molar refractivity (Wildman–Crippen MR) is 116 cm³/mol. The zero-order chi connectivity index (χ0) is 21.5. The molecule has 6 nitrogen and oxygen atoms in total. The fraction of sp³-hybridized carbons (Fsp3) is 0.435. The van der Waals surface area contributed by atoms with Crippen LogP contribution in [0.3, 0.4) is 0 Å². The molecule has 1 saturated heterocycles. The van der Waals surface area contributed by atoms with Crippen LogP contribution in [0.25, 0.3) is 0 Å². The number of ether oxygens (including phenoxy) is 1. The highest BCUT2D eigenvalue weighted by Crippen LogP contribution is 2.47. The van der Waals surface area contributed by atoms with Crippen LogP contribution in [0.4, 0.5) is 10.5 Å². The van der Waals surface area contributed by atoms with Crippen LogP contribution in [-0.4, -0.2) is 47.1 Å². The summed E-state index contributed by atoms with van der Waals surface area (Å²) in [7, 11) is 0. The van der Waals surface area contributed by atoms with Crippen LogP contribution in [0.5, 0.6) is 0 Å². The van der Waals surface area contributed by atoms with E-state index in [1.54, 1.807) is 28.1 Å². The fourth-order valence-electron chi connectivity index (χ4n) is 4.37. The van der Waals surface area contributed by atoms with E-state index in [1.165, 1.54) is 0 Å². The van der Waals surface area contributed by atoms with Gasteiger partial charge in [0, 0.05) is 36.9 Å². The third-order valence-electron chi connectivity index (χ3n) is 5.83. The Morgan fingerprint density at radius 2 is 1.80 bits per heavy atom. The number of carbonyl (C=O) groups is 2. The number of pyridine rings is 1. The van der Waals surface area contributed by atoms with Gasteiger partial charge in [0.2, 0.25) is 0 Å². The second-order valence-corrected chi connectivity index (χ2v) is 9.36. The first-order chi connectivity index (χ1) is 14.2. The van der Waals surface area contributed by atoms with E-state index in [0.717, 1.165) is 24.1 Å². The Kier molecular flexibility index (Phi) is 5.22. The standard InChI is InChI=1S/C23H26ClN3O3/c1-22(2,3)30-21(29)26-13-10-23(11-14-26)15-27(18-9-5-4-8-17(18)23)20(28)16-7-6-12-25-19(16)24/h4-9,12H,10-11,13-15H2,1-3H3. The van der Waals surface area contributed by atoms with Crippen molar-refractivity contribution in [2.24, 2.45) is 0 Å². The highest BCUT2D eigenvalue weighted by molar-refractivity contribution is 6.33. The lowest BCUT2D eigenvalue weighted by atomic mass is 9.74. The Morgan fingerprint density at radius 3 is 2.47 bits per heavy atom. The molecule has 4 rings (SSSR count).